The Kier molecular flexibility index (Phi) is 2.30. The second-order valence-electron chi connectivity index (χ2n) is 5.04. The molecule has 21 heavy (non-hydrogen) atoms. The Morgan fingerprint density at radius 2 is 1.57 bits per heavy atom. The molecule has 0 atom stereocenters. The van der Waals surface area contributed by atoms with E-state index >= 15 is 0 Å². The molecule has 0 unspecified atom stereocenters. The Balaban J connectivity index is 1.95. The summed E-state index contributed by atoms with van der Waals surface area (Å²) < 4.78 is 5.66. The van der Waals surface area contributed by atoms with Crippen molar-refractivity contribution < 1.29 is 14.0 Å². The van der Waals surface area contributed by atoms with E-state index in [0.717, 1.165) is 11.1 Å². The van der Waals surface area contributed by atoms with E-state index in [2.05, 4.69) is 0 Å². The summed E-state index contributed by atoms with van der Waals surface area (Å²) in [5.41, 5.74) is 1.92. The van der Waals surface area contributed by atoms with Crippen molar-refractivity contribution >= 4 is 28.5 Å². The first-order valence-electron chi connectivity index (χ1n) is 6.64. The fraction of sp³-hybridized carbons (Fsp3) is 0.0588. The first-order chi connectivity index (χ1) is 10.2. The highest BCUT2D eigenvalue weighted by Gasteiger charge is 2.37. The number of nitrogens with zero attached hydrogens (tertiary/aromatic N) is 1. The first kappa shape index (κ1) is 11.9. The number of aryl methyl sites for hydroxylation is 1. The number of amides is 2. The van der Waals surface area contributed by atoms with Gasteiger partial charge < -0.3 is 4.42 Å². The van der Waals surface area contributed by atoms with Gasteiger partial charge in [-0.15, -0.1) is 0 Å². The molecule has 0 aliphatic carbocycles. The monoisotopic (exact) mass is 277 g/mol. The van der Waals surface area contributed by atoms with E-state index in [1.54, 1.807) is 30.3 Å². The lowest BCUT2D eigenvalue weighted by Gasteiger charge is -2.13. The molecule has 2 amide bonds. The van der Waals surface area contributed by atoms with Crippen LogP contribution in [0.3, 0.4) is 0 Å². The Morgan fingerprint density at radius 1 is 0.905 bits per heavy atom. The second-order valence-corrected chi connectivity index (χ2v) is 5.04. The van der Waals surface area contributed by atoms with Crippen molar-refractivity contribution in [2.45, 2.75) is 6.92 Å². The maximum Gasteiger partial charge on any atom is 0.266 e. The largest absolute Gasteiger partial charge is 0.459 e. The minimum absolute atomic E-state index is 0.308. The molecule has 0 fully saturated rings. The zero-order valence-corrected chi connectivity index (χ0v) is 11.3. The molecule has 0 bridgehead atoms. The summed E-state index contributed by atoms with van der Waals surface area (Å²) >= 11 is 0. The molecule has 102 valence electrons. The lowest BCUT2D eigenvalue weighted by atomic mass is 10.1. The summed E-state index contributed by atoms with van der Waals surface area (Å²) in [5.74, 6) is 0.128. The van der Waals surface area contributed by atoms with E-state index in [1.807, 2.05) is 25.1 Å². The predicted molar refractivity (Wildman–Crippen MR) is 78.5 cm³/mol. The van der Waals surface area contributed by atoms with Crippen molar-refractivity contribution in [2.24, 2.45) is 0 Å². The molecule has 1 aliphatic rings. The number of carbonyl (C=O) groups excluding carboxylic acids is 2. The highest BCUT2D eigenvalue weighted by molar-refractivity contribution is 6.35. The maximum absolute atomic E-state index is 12.5. The highest BCUT2D eigenvalue weighted by Crippen LogP contribution is 2.34. The van der Waals surface area contributed by atoms with Gasteiger partial charge in [-0.25, -0.2) is 4.90 Å². The minimum atomic E-state index is -0.308. The number of benzene rings is 2. The van der Waals surface area contributed by atoms with E-state index in [9.17, 15) is 9.59 Å². The number of rotatable bonds is 1. The lowest BCUT2D eigenvalue weighted by molar-refractivity contribution is 0.0926. The van der Waals surface area contributed by atoms with Gasteiger partial charge in [0, 0.05) is 5.39 Å². The van der Waals surface area contributed by atoms with E-state index in [-0.39, 0.29) is 11.8 Å². The molecule has 4 nitrogen and oxygen atoms in total. The summed E-state index contributed by atoms with van der Waals surface area (Å²) in [6, 6.07) is 14.2. The number of fused-ring (bicyclic) bond motifs is 2. The fourth-order valence-corrected chi connectivity index (χ4v) is 2.76. The molecule has 0 saturated carbocycles. The summed E-state index contributed by atoms with van der Waals surface area (Å²) in [7, 11) is 0. The van der Waals surface area contributed by atoms with Gasteiger partial charge in [0.15, 0.2) is 5.58 Å². The molecular weight excluding hydrogens is 266 g/mol. The van der Waals surface area contributed by atoms with Gasteiger partial charge in [0.25, 0.3) is 11.8 Å². The third kappa shape index (κ3) is 1.56. The summed E-state index contributed by atoms with van der Waals surface area (Å²) in [6.07, 6.45) is 0. The zero-order valence-electron chi connectivity index (χ0n) is 11.3. The van der Waals surface area contributed by atoms with Gasteiger partial charge in [0.2, 0.25) is 0 Å². The summed E-state index contributed by atoms with van der Waals surface area (Å²) in [6.45, 7) is 1.84. The van der Waals surface area contributed by atoms with E-state index in [0.29, 0.717) is 22.4 Å². The number of hydrogen-bond donors (Lipinski definition) is 0. The van der Waals surface area contributed by atoms with Gasteiger partial charge >= 0.3 is 0 Å². The number of hydrogen-bond acceptors (Lipinski definition) is 3. The smallest absolute Gasteiger partial charge is 0.266 e. The molecule has 4 heteroatoms. The van der Waals surface area contributed by atoms with Crippen molar-refractivity contribution in [3.8, 4) is 0 Å². The molecule has 0 N–H and O–H groups in total. The van der Waals surface area contributed by atoms with Crippen LogP contribution in [0, 0.1) is 6.92 Å². The standard InChI is InChI=1S/C17H11NO3/c1-10-9-11-5-4-8-14(15(11)21-10)18-16(19)12-6-2-3-7-13(12)17(18)20/h2-9H,1H3. The zero-order chi connectivity index (χ0) is 14.6. The van der Waals surface area contributed by atoms with Crippen molar-refractivity contribution in [3.63, 3.8) is 0 Å². The van der Waals surface area contributed by atoms with Crippen LogP contribution < -0.4 is 4.90 Å². The average molecular weight is 277 g/mol. The molecule has 3 aromatic rings. The molecule has 1 aromatic heterocycles. The lowest BCUT2D eigenvalue weighted by Crippen LogP contribution is -2.29. The van der Waals surface area contributed by atoms with Crippen molar-refractivity contribution in [1.29, 1.82) is 0 Å². The van der Waals surface area contributed by atoms with Gasteiger partial charge in [0.05, 0.1) is 16.8 Å². The maximum atomic E-state index is 12.5. The van der Waals surface area contributed by atoms with Crippen LogP contribution in [-0.2, 0) is 0 Å². The third-order valence-corrected chi connectivity index (χ3v) is 3.68. The van der Waals surface area contributed by atoms with Gasteiger partial charge in [0.1, 0.15) is 5.76 Å². The average Bonchev–Trinajstić information content (AvgIpc) is 2.98. The topological polar surface area (TPSA) is 50.5 Å². The van der Waals surface area contributed by atoms with E-state index in [4.69, 9.17) is 4.42 Å². The van der Waals surface area contributed by atoms with E-state index < -0.39 is 0 Å². The number of anilines is 1. The minimum Gasteiger partial charge on any atom is -0.459 e. The van der Waals surface area contributed by atoms with Gasteiger partial charge in [-0.05, 0) is 31.2 Å². The van der Waals surface area contributed by atoms with Crippen LogP contribution in [-0.4, -0.2) is 11.8 Å². The molecule has 2 aromatic carbocycles. The van der Waals surface area contributed by atoms with Crippen LogP contribution in [0.25, 0.3) is 11.0 Å². The number of para-hydroxylation sites is 1. The molecule has 0 saturated heterocycles. The quantitative estimate of drug-likeness (QED) is 0.639. The van der Waals surface area contributed by atoms with E-state index in [1.165, 1.54) is 4.90 Å². The first-order valence-corrected chi connectivity index (χ1v) is 6.64. The number of carbonyl (C=O) groups is 2. The number of furan rings is 1. The predicted octanol–water partition coefficient (Wildman–Crippen LogP) is 3.54. The number of imide groups is 1. The highest BCUT2D eigenvalue weighted by atomic mass is 16.3. The Labute approximate surface area is 120 Å². The van der Waals surface area contributed by atoms with Crippen LogP contribution in [0.4, 0.5) is 5.69 Å². The molecule has 0 radical (unpaired) electrons. The van der Waals surface area contributed by atoms with Gasteiger partial charge in [-0.2, -0.15) is 0 Å². The van der Waals surface area contributed by atoms with Crippen molar-refractivity contribution in [3.05, 3.63) is 65.4 Å². The van der Waals surface area contributed by atoms with Crippen LogP contribution in [0.15, 0.2) is 52.9 Å². The molecule has 1 aliphatic heterocycles. The van der Waals surface area contributed by atoms with Gasteiger partial charge in [-0.1, -0.05) is 24.3 Å². The van der Waals surface area contributed by atoms with Crippen LogP contribution in [0.1, 0.15) is 26.5 Å². The van der Waals surface area contributed by atoms with Crippen LogP contribution in [0.5, 0.6) is 0 Å². The van der Waals surface area contributed by atoms with Crippen molar-refractivity contribution in [1.82, 2.24) is 0 Å². The summed E-state index contributed by atoms with van der Waals surface area (Å²) in [4.78, 5) is 26.2. The fourth-order valence-electron chi connectivity index (χ4n) is 2.76. The van der Waals surface area contributed by atoms with Crippen LogP contribution in [0.2, 0.25) is 0 Å². The van der Waals surface area contributed by atoms with Crippen LogP contribution >= 0.6 is 0 Å². The SMILES string of the molecule is Cc1cc2cccc(N3C(=O)c4ccccc4C3=O)c2o1. The normalized spacial score (nSPS) is 14.0. The Morgan fingerprint density at radius 3 is 2.24 bits per heavy atom. The molecule has 2 heterocycles. The molecule has 0 spiro atoms. The molecular formula is C17H11NO3. The second kappa shape index (κ2) is 4.06. The Hall–Kier alpha value is -2.88. The summed E-state index contributed by atoms with van der Waals surface area (Å²) in [5, 5.41) is 0.876. The Bertz CT molecular complexity index is 872. The van der Waals surface area contributed by atoms with Crippen molar-refractivity contribution in [2.75, 3.05) is 4.90 Å². The molecule has 4 rings (SSSR count). The third-order valence-electron chi connectivity index (χ3n) is 3.68. The van der Waals surface area contributed by atoms with Gasteiger partial charge in [-0.3, -0.25) is 9.59 Å².